The number of allylic oxidation sites excluding steroid dienone is 4. The highest BCUT2D eigenvalue weighted by atomic mass is 19.1. The van der Waals surface area contributed by atoms with Gasteiger partial charge in [-0.05, 0) is 98.4 Å². The Labute approximate surface area is 195 Å². The predicted molar refractivity (Wildman–Crippen MR) is 132 cm³/mol. The molecule has 0 bridgehead atoms. The second-order valence-electron chi connectivity index (χ2n) is 8.26. The van der Waals surface area contributed by atoms with Crippen LogP contribution in [0.5, 0.6) is 0 Å². The topological polar surface area (TPSA) is 0 Å². The van der Waals surface area contributed by atoms with Crippen LogP contribution in [-0.4, -0.2) is 0 Å². The van der Waals surface area contributed by atoms with Gasteiger partial charge in [-0.2, -0.15) is 0 Å². The fourth-order valence-corrected chi connectivity index (χ4v) is 3.92. The Kier molecular flexibility index (Phi) is 9.12. The van der Waals surface area contributed by atoms with E-state index in [1.807, 2.05) is 50.3 Å². The number of rotatable bonds is 10. The summed E-state index contributed by atoms with van der Waals surface area (Å²) < 4.78 is 43.7. The molecule has 0 nitrogen and oxygen atoms in total. The highest BCUT2D eigenvalue weighted by Gasteiger charge is 2.11. The highest BCUT2D eigenvalue weighted by molar-refractivity contribution is 5.65. The standard InChI is InChI=1S/C30H31F3/c1-3-5-7-9-22-11-14-25(28(31)19-22)15-12-23-13-18-27(30(33)20-23)26-17-16-24(29(32)21-26)10-8-6-4-2/h3-6,11,13-14,16-21H,7-10,12,15H2,1-2H3/b5-3+,6-4+. The van der Waals surface area contributed by atoms with Crippen LogP contribution >= 0.6 is 0 Å². The summed E-state index contributed by atoms with van der Waals surface area (Å²) in [5, 5.41) is 0. The summed E-state index contributed by atoms with van der Waals surface area (Å²) in [5.41, 5.74) is 3.91. The van der Waals surface area contributed by atoms with Gasteiger partial charge in [-0.1, -0.05) is 60.7 Å². The van der Waals surface area contributed by atoms with Crippen molar-refractivity contribution in [3.63, 3.8) is 0 Å². The van der Waals surface area contributed by atoms with Crippen molar-refractivity contribution < 1.29 is 13.2 Å². The van der Waals surface area contributed by atoms with E-state index in [4.69, 9.17) is 0 Å². The molecule has 0 aromatic heterocycles. The molecule has 0 atom stereocenters. The Morgan fingerprint density at radius 2 is 1.15 bits per heavy atom. The molecule has 33 heavy (non-hydrogen) atoms. The summed E-state index contributed by atoms with van der Waals surface area (Å²) in [6.45, 7) is 3.91. The third kappa shape index (κ3) is 6.95. The van der Waals surface area contributed by atoms with Crippen molar-refractivity contribution in [3.05, 3.63) is 119 Å². The molecule has 0 aliphatic rings. The lowest BCUT2D eigenvalue weighted by Gasteiger charge is -2.10. The van der Waals surface area contributed by atoms with Gasteiger partial charge in [0.15, 0.2) is 0 Å². The van der Waals surface area contributed by atoms with Crippen molar-refractivity contribution in [3.8, 4) is 11.1 Å². The molecular formula is C30H31F3. The van der Waals surface area contributed by atoms with Gasteiger partial charge in [-0.25, -0.2) is 13.2 Å². The first kappa shape index (κ1) is 24.6. The van der Waals surface area contributed by atoms with Crippen LogP contribution in [0.1, 0.15) is 48.9 Å². The van der Waals surface area contributed by atoms with Crippen molar-refractivity contribution in [2.45, 2.75) is 52.4 Å². The van der Waals surface area contributed by atoms with Crippen LogP contribution in [-0.2, 0) is 25.7 Å². The molecule has 0 spiro atoms. The third-order valence-electron chi connectivity index (χ3n) is 5.85. The van der Waals surface area contributed by atoms with E-state index in [1.54, 1.807) is 24.3 Å². The maximum atomic E-state index is 14.8. The van der Waals surface area contributed by atoms with Crippen LogP contribution in [0.3, 0.4) is 0 Å². The van der Waals surface area contributed by atoms with Gasteiger partial charge in [0, 0.05) is 5.56 Å². The van der Waals surface area contributed by atoms with Crippen molar-refractivity contribution in [1.29, 1.82) is 0 Å². The van der Waals surface area contributed by atoms with E-state index in [1.165, 1.54) is 12.1 Å². The van der Waals surface area contributed by atoms with Crippen LogP contribution in [0.15, 0.2) is 78.9 Å². The predicted octanol–water partition coefficient (Wildman–Crippen LogP) is 8.57. The molecule has 0 fully saturated rings. The van der Waals surface area contributed by atoms with Crippen molar-refractivity contribution in [2.24, 2.45) is 0 Å². The molecule has 3 heteroatoms. The number of aryl methyl sites for hydroxylation is 4. The van der Waals surface area contributed by atoms with E-state index >= 15 is 0 Å². The second kappa shape index (κ2) is 12.2. The smallest absolute Gasteiger partial charge is 0.131 e. The molecule has 0 heterocycles. The number of hydrogen-bond donors (Lipinski definition) is 0. The van der Waals surface area contributed by atoms with Gasteiger partial charge in [-0.3, -0.25) is 0 Å². The summed E-state index contributed by atoms with van der Waals surface area (Å²) in [7, 11) is 0. The third-order valence-corrected chi connectivity index (χ3v) is 5.85. The van der Waals surface area contributed by atoms with Crippen molar-refractivity contribution in [1.82, 2.24) is 0 Å². The lowest BCUT2D eigenvalue weighted by molar-refractivity contribution is 0.605. The van der Waals surface area contributed by atoms with Crippen molar-refractivity contribution >= 4 is 0 Å². The fraction of sp³-hybridized carbons (Fsp3) is 0.267. The van der Waals surface area contributed by atoms with Gasteiger partial charge in [0.1, 0.15) is 17.5 Å². The minimum atomic E-state index is -0.395. The molecule has 0 unspecified atom stereocenters. The largest absolute Gasteiger partial charge is 0.207 e. The summed E-state index contributed by atoms with van der Waals surface area (Å²) in [5.74, 6) is -0.923. The zero-order valence-electron chi connectivity index (χ0n) is 19.4. The van der Waals surface area contributed by atoms with Gasteiger partial charge in [0.05, 0.1) is 0 Å². The van der Waals surface area contributed by atoms with E-state index in [0.29, 0.717) is 41.5 Å². The first-order valence-electron chi connectivity index (χ1n) is 11.6. The molecule has 3 aromatic carbocycles. The molecule has 3 rings (SSSR count). The molecule has 0 saturated carbocycles. The maximum absolute atomic E-state index is 14.8. The Bertz CT molecular complexity index is 1130. The molecule has 172 valence electrons. The molecular weight excluding hydrogens is 417 g/mol. The molecule has 0 amide bonds. The normalized spacial score (nSPS) is 11.7. The van der Waals surface area contributed by atoms with Gasteiger partial charge in [0.25, 0.3) is 0 Å². The van der Waals surface area contributed by atoms with Crippen LogP contribution in [0.25, 0.3) is 11.1 Å². The molecule has 0 radical (unpaired) electrons. The summed E-state index contributed by atoms with van der Waals surface area (Å²) in [6.07, 6.45) is 12.1. The number of hydrogen-bond acceptors (Lipinski definition) is 0. The van der Waals surface area contributed by atoms with E-state index < -0.39 is 5.82 Å². The lowest BCUT2D eigenvalue weighted by Crippen LogP contribution is -1.98. The Morgan fingerprint density at radius 1 is 0.576 bits per heavy atom. The van der Waals surface area contributed by atoms with E-state index in [2.05, 4.69) is 6.08 Å². The van der Waals surface area contributed by atoms with E-state index in [0.717, 1.165) is 30.4 Å². The van der Waals surface area contributed by atoms with E-state index in [9.17, 15) is 13.2 Å². The van der Waals surface area contributed by atoms with E-state index in [-0.39, 0.29) is 11.6 Å². The zero-order chi connectivity index (χ0) is 23.6. The molecule has 0 saturated heterocycles. The Hall–Kier alpha value is -3.07. The SMILES string of the molecule is C/C=C/CCc1ccc(CCc2ccc(-c3ccc(CC/C=C/C)c(F)c3)c(F)c2)c(F)c1. The number of benzene rings is 3. The summed E-state index contributed by atoms with van der Waals surface area (Å²) in [6, 6.07) is 15.3. The summed E-state index contributed by atoms with van der Waals surface area (Å²) in [4.78, 5) is 0. The van der Waals surface area contributed by atoms with Crippen LogP contribution < -0.4 is 0 Å². The quantitative estimate of drug-likeness (QED) is 0.273. The highest BCUT2D eigenvalue weighted by Crippen LogP contribution is 2.27. The minimum absolute atomic E-state index is 0.213. The Balaban J connectivity index is 1.66. The molecule has 0 aliphatic carbocycles. The number of halogens is 3. The first-order chi connectivity index (χ1) is 16.0. The monoisotopic (exact) mass is 448 g/mol. The zero-order valence-corrected chi connectivity index (χ0v) is 19.4. The maximum Gasteiger partial charge on any atom is 0.131 e. The molecule has 0 aliphatic heterocycles. The molecule has 0 N–H and O–H groups in total. The second-order valence-corrected chi connectivity index (χ2v) is 8.26. The van der Waals surface area contributed by atoms with Crippen molar-refractivity contribution in [2.75, 3.05) is 0 Å². The van der Waals surface area contributed by atoms with Gasteiger partial charge >= 0.3 is 0 Å². The van der Waals surface area contributed by atoms with Crippen LogP contribution in [0, 0.1) is 17.5 Å². The fourth-order valence-electron chi connectivity index (χ4n) is 3.92. The van der Waals surface area contributed by atoms with Gasteiger partial charge < -0.3 is 0 Å². The van der Waals surface area contributed by atoms with Gasteiger partial charge in [-0.15, -0.1) is 0 Å². The van der Waals surface area contributed by atoms with Crippen LogP contribution in [0.4, 0.5) is 13.2 Å². The lowest BCUT2D eigenvalue weighted by atomic mass is 9.97. The summed E-state index contributed by atoms with van der Waals surface area (Å²) >= 11 is 0. The Morgan fingerprint density at radius 3 is 1.82 bits per heavy atom. The van der Waals surface area contributed by atoms with Gasteiger partial charge in [0.2, 0.25) is 0 Å². The first-order valence-corrected chi connectivity index (χ1v) is 11.6. The minimum Gasteiger partial charge on any atom is -0.207 e. The average Bonchev–Trinajstić information content (AvgIpc) is 2.80. The molecule has 3 aromatic rings. The average molecular weight is 449 g/mol. The van der Waals surface area contributed by atoms with Crippen LogP contribution in [0.2, 0.25) is 0 Å².